The van der Waals surface area contributed by atoms with E-state index in [0.717, 1.165) is 31.5 Å². The van der Waals surface area contributed by atoms with Crippen molar-refractivity contribution in [3.05, 3.63) is 44.8 Å². The van der Waals surface area contributed by atoms with Gasteiger partial charge in [-0.25, -0.2) is 0 Å². The molecule has 2 amide bonds. The number of carbonyl (C=O) groups is 2. The number of aromatic amines is 1. The number of nitrogens with zero attached hydrogens (tertiary/aromatic N) is 3. The molecule has 1 fully saturated rings. The highest BCUT2D eigenvalue weighted by Crippen LogP contribution is 2.26. The topological polar surface area (TPSA) is 117 Å². The van der Waals surface area contributed by atoms with Crippen LogP contribution in [0.15, 0.2) is 28.0 Å². The predicted octanol–water partition coefficient (Wildman–Crippen LogP) is 0.0264. The number of anilines is 2. The molecule has 1 saturated heterocycles. The fourth-order valence-electron chi connectivity index (χ4n) is 3.59. The first-order valence-electron chi connectivity index (χ1n) is 9.42. The molecule has 0 radical (unpaired) electrons. The Balaban J connectivity index is 1.80. The Bertz CT molecular complexity index is 1180. The zero-order chi connectivity index (χ0) is 20.5. The molecule has 2 aliphatic rings. The minimum atomic E-state index is -0.556. The van der Waals surface area contributed by atoms with Gasteiger partial charge in [-0.1, -0.05) is 6.07 Å². The summed E-state index contributed by atoms with van der Waals surface area (Å²) in [7, 11) is 1.50. The monoisotopic (exact) mass is 395 g/mol. The van der Waals surface area contributed by atoms with Crippen LogP contribution in [0, 0.1) is 6.92 Å². The van der Waals surface area contributed by atoms with Crippen molar-refractivity contribution >= 4 is 29.0 Å². The molecule has 2 aromatic rings. The Labute approximate surface area is 166 Å². The highest BCUT2D eigenvalue weighted by atomic mass is 16.5. The Morgan fingerprint density at radius 2 is 2.00 bits per heavy atom. The van der Waals surface area contributed by atoms with Gasteiger partial charge in [0.1, 0.15) is 5.75 Å². The van der Waals surface area contributed by atoms with E-state index in [4.69, 9.17) is 4.74 Å². The molecule has 0 bridgehead atoms. The molecule has 29 heavy (non-hydrogen) atoms. The maximum atomic E-state index is 13.0. The molecule has 0 unspecified atom stereocenters. The van der Waals surface area contributed by atoms with Crippen LogP contribution in [0.3, 0.4) is 0 Å². The molecule has 0 atom stereocenters. The van der Waals surface area contributed by atoms with Gasteiger partial charge in [0, 0.05) is 18.7 Å². The van der Waals surface area contributed by atoms with Crippen LogP contribution < -0.4 is 31.2 Å². The lowest BCUT2D eigenvalue weighted by Gasteiger charge is -2.16. The van der Waals surface area contributed by atoms with E-state index in [1.807, 2.05) is 17.9 Å². The van der Waals surface area contributed by atoms with Gasteiger partial charge in [0.15, 0.2) is 5.49 Å². The van der Waals surface area contributed by atoms with Gasteiger partial charge in [-0.15, -0.1) is 0 Å². The third kappa shape index (κ3) is 3.63. The first-order valence-corrected chi connectivity index (χ1v) is 9.42. The van der Waals surface area contributed by atoms with E-state index in [-0.39, 0.29) is 22.7 Å². The normalized spacial score (nSPS) is 15.7. The SMILES string of the molecule is COc1ccc(C)cc1NC(=O)C1=c2c(nc(N3CCCC3)[nH]c2=O)=NC(=O)C1. The van der Waals surface area contributed by atoms with Crippen LogP contribution in [0.2, 0.25) is 0 Å². The zero-order valence-corrected chi connectivity index (χ0v) is 16.2. The van der Waals surface area contributed by atoms with Gasteiger partial charge in [0.25, 0.3) is 17.4 Å². The number of hydrogen-bond donors (Lipinski definition) is 2. The Kier molecular flexibility index (Phi) is 4.87. The maximum Gasteiger partial charge on any atom is 0.262 e. The number of ether oxygens (including phenoxy) is 1. The summed E-state index contributed by atoms with van der Waals surface area (Å²) in [5.74, 6) is -0.207. The summed E-state index contributed by atoms with van der Waals surface area (Å²) in [6.45, 7) is 3.44. The van der Waals surface area contributed by atoms with Crippen LogP contribution in [-0.4, -0.2) is 42.0 Å². The molecule has 9 nitrogen and oxygen atoms in total. The average molecular weight is 395 g/mol. The Morgan fingerprint density at radius 1 is 1.24 bits per heavy atom. The van der Waals surface area contributed by atoms with Crippen LogP contribution in [0.1, 0.15) is 24.8 Å². The summed E-state index contributed by atoms with van der Waals surface area (Å²) >= 11 is 0. The average Bonchev–Trinajstić information content (AvgIpc) is 3.22. The fraction of sp³-hybridized carbons (Fsp3) is 0.350. The lowest BCUT2D eigenvalue weighted by Crippen LogP contribution is -2.50. The summed E-state index contributed by atoms with van der Waals surface area (Å²) in [5.41, 5.74) is 0.948. The number of amides is 2. The molecule has 1 aromatic heterocycles. The first kappa shape index (κ1) is 18.9. The quantitative estimate of drug-likeness (QED) is 0.754. The summed E-state index contributed by atoms with van der Waals surface area (Å²) in [5, 5.41) is 2.78. The number of fused-ring (bicyclic) bond motifs is 1. The van der Waals surface area contributed by atoms with E-state index in [1.165, 1.54) is 7.11 Å². The van der Waals surface area contributed by atoms with E-state index in [1.54, 1.807) is 12.1 Å². The molecule has 0 saturated carbocycles. The van der Waals surface area contributed by atoms with Gasteiger partial charge in [-0.2, -0.15) is 9.98 Å². The van der Waals surface area contributed by atoms with Crippen molar-refractivity contribution in [2.75, 3.05) is 30.4 Å². The van der Waals surface area contributed by atoms with Crippen LogP contribution in [0.5, 0.6) is 5.75 Å². The second-order valence-corrected chi connectivity index (χ2v) is 7.10. The number of benzene rings is 1. The fourth-order valence-corrected chi connectivity index (χ4v) is 3.59. The molecule has 150 valence electrons. The lowest BCUT2D eigenvalue weighted by atomic mass is 10.1. The van der Waals surface area contributed by atoms with Crippen LogP contribution in [0.4, 0.5) is 11.6 Å². The highest BCUT2D eigenvalue weighted by Gasteiger charge is 2.24. The molecule has 4 rings (SSSR count). The van der Waals surface area contributed by atoms with Gasteiger partial charge in [-0.3, -0.25) is 19.4 Å². The molecule has 0 spiro atoms. The van der Waals surface area contributed by atoms with E-state index >= 15 is 0 Å². The van der Waals surface area contributed by atoms with Gasteiger partial charge in [-0.05, 0) is 37.5 Å². The molecule has 3 heterocycles. The number of methoxy groups -OCH3 is 1. The standard InChI is InChI=1S/C20H21N5O4/c1-11-5-6-14(29-2)13(9-11)21-18(27)12-10-15(26)22-17-16(12)19(28)24-20(23-17)25-7-3-4-8-25/h5-6,9H,3-4,7-8,10H2,1-2H3,(H,21,27)(H,22,23,24,26,28). The second kappa shape index (κ2) is 7.50. The van der Waals surface area contributed by atoms with Crippen molar-refractivity contribution in [2.24, 2.45) is 4.99 Å². The van der Waals surface area contributed by atoms with Crippen molar-refractivity contribution in [1.29, 1.82) is 0 Å². The predicted molar refractivity (Wildman–Crippen MR) is 106 cm³/mol. The minimum Gasteiger partial charge on any atom is -0.495 e. The minimum absolute atomic E-state index is 0.00624. The van der Waals surface area contributed by atoms with E-state index < -0.39 is 17.4 Å². The second-order valence-electron chi connectivity index (χ2n) is 7.10. The number of rotatable bonds is 4. The van der Waals surface area contributed by atoms with Gasteiger partial charge in [0.2, 0.25) is 5.95 Å². The third-order valence-corrected chi connectivity index (χ3v) is 5.03. The summed E-state index contributed by atoms with van der Waals surface area (Å²) in [6.07, 6.45) is 1.75. The highest BCUT2D eigenvalue weighted by molar-refractivity contribution is 6.23. The first-order chi connectivity index (χ1) is 14.0. The number of hydrogen-bond acceptors (Lipinski definition) is 6. The van der Waals surface area contributed by atoms with Crippen molar-refractivity contribution in [3.63, 3.8) is 0 Å². The van der Waals surface area contributed by atoms with Crippen LogP contribution >= 0.6 is 0 Å². The van der Waals surface area contributed by atoms with Crippen molar-refractivity contribution in [2.45, 2.75) is 26.2 Å². The summed E-state index contributed by atoms with van der Waals surface area (Å²) in [6, 6.07) is 5.35. The molecular formula is C20H21N5O4. The molecular weight excluding hydrogens is 374 g/mol. The largest absolute Gasteiger partial charge is 0.495 e. The van der Waals surface area contributed by atoms with E-state index in [9.17, 15) is 14.4 Å². The Hall–Kier alpha value is -3.49. The maximum absolute atomic E-state index is 13.0. The van der Waals surface area contributed by atoms with Crippen LogP contribution in [0.25, 0.3) is 5.57 Å². The summed E-state index contributed by atoms with van der Waals surface area (Å²) < 4.78 is 5.28. The molecule has 1 aromatic carbocycles. The third-order valence-electron chi connectivity index (χ3n) is 5.03. The van der Waals surface area contributed by atoms with Crippen molar-refractivity contribution in [1.82, 2.24) is 9.97 Å². The lowest BCUT2D eigenvalue weighted by molar-refractivity contribution is -0.118. The van der Waals surface area contributed by atoms with Gasteiger partial charge < -0.3 is 15.0 Å². The van der Waals surface area contributed by atoms with E-state index in [0.29, 0.717) is 17.4 Å². The van der Waals surface area contributed by atoms with Crippen LogP contribution in [-0.2, 0) is 9.59 Å². The number of nitrogens with one attached hydrogen (secondary N) is 2. The van der Waals surface area contributed by atoms with Crippen molar-refractivity contribution in [3.8, 4) is 5.75 Å². The Morgan fingerprint density at radius 3 is 2.72 bits per heavy atom. The van der Waals surface area contributed by atoms with Gasteiger partial charge >= 0.3 is 0 Å². The number of aromatic nitrogens is 2. The smallest absolute Gasteiger partial charge is 0.262 e. The molecule has 2 N–H and O–H groups in total. The van der Waals surface area contributed by atoms with Gasteiger partial charge in [0.05, 0.1) is 24.4 Å². The molecule has 2 aliphatic heterocycles. The number of aryl methyl sites for hydroxylation is 1. The summed E-state index contributed by atoms with van der Waals surface area (Å²) in [4.78, 5) is 50.8. The molecule has 9 heteroatoms. The van der Waals surface area contributed by atoms with Crippen molar-refractivity contribution < 1.29 is 14.3 Å². The number of H-pyrrole nitrogens is 1. The number of carbonyl (C=O) groups excluding carboxylic acids is 2. The zero-order valence-electron chi connectivity index (χ0n) is 16.2. The molecule has 0 aliphatic carbocycles. The van der Waals surface area contributed by atoms with E-state index in [2.05, 4.69) is 20.3 Å².